The maximum Gasteiger partial charge on any atom is 0.209 e. The minimum Gasteiger partial charge on any atom is -0.439 e. The number of benzene rings is 1. The van der Waals surface area contributed by atoms with E-state index in [1.807, 2.05) is 12.1 Å². The molecule has 0 atom stereocenters. The maximum atomic E-state index is 5.45. The molecule has 0 unspecified atom stereocenters. The normalized spacial score (nSPS) is 10.9. The Hall–Kier alpha value is -1.35. The zero-order chi connectivity index (χ0) is 9.26. The highest BCUT2D eigenvalue weighted by Crippen LogP contribution is 2.19. The van der Waals surface area contributed by atoms with Crippen LogP contribution in [-0.2, 0) is 13.0 Å². The molecule has 13 heavy (non-hydrogen) atoms. The van der Waals surface area contributed by atoms with Crippen molar-refractivity contribution in [1.82, 2.24) is 4.98 Å². The molecule has 2 N–H and O–H groups in total. The van der Waals surface area contributed by atoms with Gasteiger partial charge in [-0.1, -0.05) is 19.1 Å². The number of para-hydroxylation sites is 1. The van der Waals surface area contributed by atoms with Crippen molar-refractivity contribution in [3.8, 4) is 0 Å². The van der Waals surface area contributed by atoms with Gasteiger partial charge in [-0.2, -0.15) is 0 Å². The Morgan fingerprint density at radius 3 is 3.00 bits per heavy atom. The molecule has 2 rings (SSSR count). The molecule has 0 spiro atoms. The molecule has 0 aliphatic rings. The van der Waals surface area contributed by atoms with Crippen LogP contribution < -0.4 is 5.73 Å². The number of fused-ring (bicyclic) bond motifs is 1. The summed E-state index contributed by atoms with van der Waals surface area (Å²) in [5.41, 5.74) is 8.44. The highest BCUT2D eigenvalue weighted by molar-refractivity contribution is 5.76. The fraction of sp³-hybridized carbons (Fsp3) is 0.300. The second-order valence-corrected chi connectivity index (χ2v) is 2.93. The third kappa shape index (κ3) is 1.31. The second kappa shape index (κ2) is 3.18. The first kappa shape index (κ1) is 8.26. The van der Waals surface area contributed by atoms with Gasteiger partial charge in [0, 0.05) is 0 Å². The molecule has 0 aliphatic heterocycles. The van der Waals surface area contributed by atoms with Gasteiger partial charge in [-0.3, -0.25) is 0 Å². The van der Waals surface area contributed by atoms with Crippen LogP contribution in [0.15, 0.2) is 22.6 Å². The first-order valence-electron chi connectivity index (χ1n) is 4.42. The van der Waals surface area contributed by atoms with Crippen LogP contribution >= 0.6 is 0 Å². The van der Waals surface area contributed by atoms with E-state index in [2.05, 4.69) is 18.0 Å². The summed E-state index contributed by atoms with van der Waals surface area (Å²) in [6, 6.07) is 5.96. The number of hydrogen-bond donors (Lipinski definition) is 1. The van der Waals surface area contributed by atoms with E-state index in [0.29, 0.717) is 12.4 Å². The maximum absolute atomic E-state index is 5.45. The molecule has 2 aromatic rings. The zero-order valence-electron chi connectivity index (χ0n) is 7.58. The standard InChI is InChI=1S/C10H12N2O/c1-2-7-4-3-5-8-10(7)12-9(6-11)13-8/h3-5H,2,6,11H2,1H3. The number of hydrogen-bond acceptors (Lipinski definition) is 3. The Labute approximate surface area is 76.6 Å². The minimum absolute atomic E-state index is 0.359. The molecule has 3 nitrogen and oxygen atoms in total. The summed E-state index contributed by atoms with van der Waals surface area (Å²) in [6.45, 7) is 2.46. The molecule has 3 heteroatoms. The van der Waals surface area contributed by atoms with Crippen LogP contribution in [0.3, 0.4) is 0 Å². The summed E-state index contributed by atoms with van der Waals surface area (Å²) < 4.78 is 5.42. The topological polar surface area (TPSA) is 52.0 Å². The van der Waals surface area contributed by atoms with E-state index in [4.69, 9.17) is 10.2 Å². The molecule has 0 fully saturated rings. The van der Waals surface area contributed by atoms with E-state index in [-0.39, 0.29) is 0 Å². The number of rotatable bonds is 2. The average molecular weight is 176 g/mol. The van der Waals surface area contributed by atoms with Crippen LogP contribution in [-0.4, -0.2) is 4.98 Å². The Balaban J connectivity index is 2.67. The third-order valence-corrected chi connectivity index (χ3v) is 2.10. The van der Waals surface area contributed by atoms with Gasteiger partial charge in [0.05, 0.1) is 6.54 Å². The summed E-state index contributed by atoms with van der Waals surface area (Å²) in [7, 11) is 0. The highest BCUT2D eigenvalue weighted by Gasteiger charge is 2.06. The van der Waals surface area contributed by atoms with Crippen LogP contribution in [0.25, 0.3) is 11.1 Å². The molecule has 1 heterocycles. The Morgan fingerprint density at radius 1 is 1.46 bits per heavy atom. The molecule has 68 valence electrons. The minimum atomic E-state index is 0.359. The van der Waals surface area contributed by atoms with Crippen molar-refractivity contribution < 1.29 is 4.42 Å². The van der Waals surface area contributed by atoms with Gasteiger partial charge >= 0.3 is 0 Å². The van der Waals surface area contributed by atoms with Crippen LogP contribution in [0.2, 0.25) is 0 Å². The number of aryl methyl sites for hydroxylation is 1. The van der Waals surface area contributed by atoms with Crippen molar-refractivity contribution in [3.63, 3.8) is 0 Å². The molecule has 0 bridgehead atoms. The number of oxazole rings is 1. The van der Waals surface area contributed by atoms with Crippen molar-refractivity contribution in [2.75, 3.05) is 0 Å². The zero-order valence-corrected chi connectivity index (χ0v) is 7.58. The SMILES string of the molecule is CCc1cccc2oc(CN)nc12. The van der Waals surface area contributed by atoms with E-state index in [1.54, 1.807) is 0 Å². The largest absolute Gasteiger partial charge is 0.439 e. The van der Waals surface area contributed by atoms with Gasteiger partial charge in [0.15, 0.2) is 5.58 Å². The summed E-state index contributed by atoms with van der Waals surface area (Å²) >= 11 is 0. The molecule has 0 saturated heterocycles. The summed E-state index contributed by atoms with van der Waals surface area (Å²) in [5, 5.41) is 0. The smallest absolute Gasteiger partial charge is 0.209 e. The lowest BCUT2D eigenvalue weighted by Gasteiger charge is -1.93. The summed E-state index contributed by atoms with van der Waals surface area (Å²) in [6.07, 6.45) is 0.966. The van der Waals surface area contributed by atoms with Crippen molar-refractivity contribution in [3.05, 3.63) is 29.7 Å². The summed E-state index contributed by atoms with van der Waals surface area (Å²) in [5.74, 6) is 0.607. The second-order valence-electron chi connectivity index (χ2n) is 2.93. The van der Waals surface area contributed by atoms with E-state index < -0.39 is 0 Å². The van der Waals surface area contributed by atoms with Crippen LogP contribution in [0.5, 0.6) is 0 Å². The fourth-order valence-corrected chi connectivity index (χ4v) is 1.42. The van der Waals surface area contributed by atoms with Crippen molar-refractivity contribution in [2.24, 2.45) is 5.73 Å². The fourth-order valence-electron chi connectivity index (χ4n) is 1.42. The Morgan fingerprint density at radius 2 is 2.31 bits per heavy atom. The predicted octanol–water partition coefficient (Wildman–Crippen LogP) is 1.85. The van der Waals surface area contributed by atoms with Crippen molar-refractivity contribution in [2.45, 2.75) is 19.9 Å². The van der Waals surface area contributed by atoms with E-state index >= 15 is 0 Å². The van der Waals surface area contributed by atoms with E-state index in [9.17, 15) is 0 Å². The molecular weight excluding hydrogens is 164 g/mol. The van der Waals surface area contributed by atoms with Crippen molar-refractivity contribution in [1.29, 1.82) is 0 Å². The number of nitrogens with two attached hydrogens (primary N) is 1. The van der Waals surface area contributed by atoms with E-state index in [0.717, 1.165) is 17.5 Å². The van der Waals surface area contributed by atoms with Crippen LogP contribution in [0.4, 0.5) is 0 Å². The first-order valence-corrected chi connectivity index (χ1v) is 4.42. The molecule has 0 aliphatic carbocycles. The monoisotopic (exact) mass is 176 g/mol. The molecule has 1 aromatic heterocycles. The molecule has 0 saturated carbocycles. The lowest BCUT2D eigenvalue weighted by molar-refractivity contribution is 0.533. The average Bonchev–Trinajstić information content (AvgIpc) is 2.59. The molecular formula is C10H12N2O. The van der Waals surface area contributed by atoms with Gasteiger partial charge in [-0.05, 0) is 18.1 Å². The first-order chi connectivity index (χ1) is 6.35. The number of aromatic nitrogens is 1. The molecule has 0 amide bonds. The van der Waals surface area contributed by atoms with Gasteiger partial charge < -0.3 is 10.2 Å². The van der Waals surface area contributed by atoms with Crippen molar-refractivity contribution >= 4 is 11.1 Å². The van der Waals surface area contributed by atoms with Gasteiger partial charge in [0.25, 0.3) is 0 Å². The highest BCUT2D eigenvalue weighted by atomic mass is 16.3. The van der Waals surface area contributed by atoms with Crippen LogP contribution in [0, 0.1) is 0 Å². The van der Waals surface area contributed by atoms with E-state index in [1.165, 1.54) is 5.56 Å². The molecule has 0 radical (unpaired) electrons. The summed E-state index contributed by atoms with van der Waals surface area (Å²) in [4.78, 5) is 4.31. The third-order valence-electron chi connectivity index (χ3n) is 2.10. The quantitative estimate of drug-likeness (QED) is 0.759. The van der Waals surface area contributed by atoms with Gasteiger partial charge in [-0.25, -0.2) is 4.98 Å². The van der Waals surface area contributed by atoms with Gasteiger partial charge in [-0.15, -0.1) is 0 Å². The van der Waals surface area contributed by atoms with Gasteiger partial charge in [0.2, 0.25) is 5.89 Å². The molecule has 1 aromatic carbocycles. The lowest BCUT2D eigenvalue weighted by atomic mass is 10.1. The van der Waals surface area contributed by atoms with Gasteiger partial charge in [0.1, 0.15) is 5.52 Å². The predicted molar refractivity (Wildman–Crippen MR) is 51.3 cm³/mol. The van der Waals surface area contributed by atoms with Crippen LogP contribution in [0.1, 0.15) is 18.4 Å². The lowest BCUT2D eigenvalue weighted by Crippen LogP contribution is -1.95. The Bertz CT molecular complexity index is 420. The number of nitrogens with zero attached hydrogens (tertiary/aromatic N) is 1. The Kier molecular flexibility index (Phi) is 2.02.